The molecule has 1 heterocycles. The predicted octanol–water partition coefficient (Wildman–Crippen LogP) is 3.28. The van der Waals surface area contributed by atoms with Gasteiger partial charge in [-0.15, -0.1) is 0 Å². The number of rotatable bonds is 7. The van der Waals surface area contributed by atoms with Gasteiger partial charge in [0.1, 0.15) is 5.69 Å². The highest BCUT2D eigenvalue weighted by Gasteiger charge is 2.25. The minimum atomic E-state index is -0.487. The number of amides is 1. The van der Waals surface area contributed by atoms with Crippen molar-refractivity contribution in [3.63, 3.8) is 0 Å². The molecule has 0 bridgehead atoms. The van der Waals surface area contributed by atoms with E-state index in [0.29, 0.717) is 12.2 Å². The van der Waals surface area contributed by atoms with Crippen LogP contribution in [0.2, 0.25) is 0 Å². The summed E-state index contributed by atoms with van der Waals surface area (Å²) >= 11 is 0. The van der Waals surface area contributed by atoms with Crippen LogP contribution < -0.4 is 10.6 Å². The summed E-state index contributed by atoms with van der Waals surface area (Å²) in [6.45, 7) is 0.328. The van der Waals surface area contributed by atoms with Gasteiger partial charge in [0, 0.05) is 23.9 Å². The lowest BCUT2D eigenvalue weighted by Crippen LogP contribution is -2.25. The molecule has 0 aliphatic heterocycles. The van der Waals surface area contributed by atoms with E-state index in [9.17, 15) is 14.9 Å². The molecule has 0 radical (unpaired) electrons. The number of nitro benzene ring substituents is 1. The standard InChI is InChI=1S/C20H19N5O3/c26-20(22-15-7-8-15)14-6-9-18(19(12-14)25(27)28)21-13-16-10-11-24(23-16)17-4-2-1-3-5-17/h1-6,9-12,15,21H,7-8,13H2,(H,22,26). The molecule has 8 nitrogen and oxygen atoms in total. The number of nitro groups is 1. The zero-order valence-electron chi connectivity index (χ0n) is 15.0. The highest BCUT2D eigenvalue weighted by Crippen LogP contribution is 2.27. The number of aromatic nitrogens is 2. The fourth-order valence-corrected chi connectivity index (χ4v) is 2.84. The quantitative estimate of drug-likeness (QED) is 0.486. The molecule has 3 aromatic rings. The first-order valence-electron chi connectivity index (χ1n) is 9.03. The molecule has 1 amide bonds. The topological polar surface area (TPSA) is 102 Å². The summed E-state index contributed by atoms with van der Waals surface area (Å²) in [6.07, 6.45) is 3.76. The number of nitrogens with one attached hydrogen (secondary N) is 2. The molecule has 0 spiro atoms. The average Bonchev–Trinajstić information content (AvgIpc) is 3.40. The fourth-order valence-electron chi connectivity index (χ4n) is 2.84. The molecule has 0 unspecified atom stereocenters. The van der Waals surface area contributed by atoms with Gasteiger partial charge in [-0.25, -0.2) is 4.68 Å². The lowest BCUT2D eigenvalue weighted by atomic mass is 10.1. The van der Waals surface area contributed by atoms with E-state index in [1.165, 1.54) is 6.07 Å². The van der Waals surface area contributed by atoms with Crippen LogP contribution in [-0.2, 0) is 6.54 Å². The summed E-state index contributed by atoms with van der Waals surface area (Å²) in [4.78, 5) is 23.1. The van der Waals surface area contributed by atoms with Gasteiger partial charge in [0.05, 0.1) is 22.8 Å². The Morgan fingerprint density at radius 2 is 1.96 bits per heavy atom. The molecule has 28 heavy (non-hydrogen) atoms. The molecule has 2 aromatic carbocycles. The zero-order valence-corrected chi connectivity index (χ0v) is 15.0. The van der Waals surface area contributed by atoms with Crippen LogP contribution >= 0.6 is 0 Å². The molecule has 1 fully saturated rings. The third-order valence-electron chi connectivity index (χ3n) is 4.49. The third-order valence-corrected chi connectivity index (χ3v) is 4.49. The summed E-state index contributed by atoms with van der Waals surface area (Å²) in [7, 11) is 0. The second kappa shape index (κ2) is 7.51. The molecule has 2 N–H and O–H groups in total. The summed E-state index contributed by atoms with van der Waals surface area (Å²) in [5.41, 5.74) is 2.19. The number of carbonyl (C=O) groups is 1. The third kappa shape index (κ3) is 4.01. The summed E-state index contributed by atoms with van der Waals surface area (Å²) in [6, 6.07) is 16.2. The number of hydrogen-bond acceptors (Lipinski definition) is 5. The second-order valence-electron chi connectivity index (χ2n) is 6.68. The van der Waals surface area contributed by atoms with Crippen LogP contribution in [0.4, 0.5) is 11.4 Å². The van der Waals surface area contributed by atoms with Gasteiger partial charge < -0.3 is 10.6 Å². The van der Waals surface area contributed by atoms with E-state index >= 15 is 0 Å². The van der Waals surface area contributed by atoms with Crippen molar-refractivity contribution >= 4 is 17.3 Å². The van der Waals surface area contributed by atoms with Crippen molar-refractivity contribution in [1.82, 2.24) is 15.1 Å². The Labute approximate surface area is 161 Å². The molecule has 4 rings (SSSR count). The number of benzene rings is 2. The van der Waals surface area contributed by atoms with Gasteiger partial charge in [0.2, 0.25) is 0 Å². The van der Waals surface area contributed by atoms with E-state index < -0.39 is 4.92 Å². The highest BCUT2D eigenvalue weighted by molar-refractivity contribution is 5.96. The largest absolute Gasteiger partial charge is 0.374 e. The summed E-state index contributed by atoms with van der Waals surface area (Å²) in [5.74, 6) is -0.279. The van der Waals surface area contributed by atoms with E-state index in [4.69, 9.17) is 0 Å². The van der Waals surface area contributed by atoms with Gasteiger partial charge in [0.25, 0.3) is 11.6 Å². The maximum Gasteiger partial charge on any atom is 0.293 e. The fraction of sp³-hybridized carbons (Fsp3) is 0.200. The van der Waals surface area contributed by atoms with Crippen molar-refractivity contribution in [3.8, 4) is 5.69 Å². The van der Waals surface area contributed by atoms with E-state index in [1.807, 2.05) is 42.6 Å². The zero-order chi connectivity index (χ0) is 19.5. The monoisotopic (exact) mass is 377 g/mol. The first-order chi connectivity index (χ1) is 13.6. The first-order valence-corrected chi connectivity index (χ1v) is 9.03. The smallest absolute Gasteiger partial charge is 0.293 e. The summed E-state index contributed by atoms with van der Waals surface area (Å²) < 4.78 is 1.75. The van der Waals surface area contributed by atoms with Gasteiger partial charge >= 0.3 is 0 Å². The Bertz CT molecular complexity index is 1010. The number of anilines is 1. The van der Waals surface area contributed by atoms with E-state index in [-0.39, 0.29) is 23.2 Å². The van der Waals surface area contributed by atoms with Crippen LogP contribution in [0.15, 0.2) is 60.8 Å². The molecule has 1 aliphatic rings. The van der Waals surface area contributed by atoms with E-state index in [2.05, 4.69) is 15.7 Å². The molecular weight excluding hydrogens is 358 g/mol. The number of hydrogen-bond donors (Lipinski definition) is 2. The van der Waals surface area contributed by atoms with Crippen molar-refractivity contribution in [2.24, 2.45) is 0 Å². The van der Waals surface area contributed by atoms with Gasteiger partial charge in [-0.1, -0.05) is 18.2 Å². The molecule has 142 valence electrons. The lowest BCUT2D eigenvalue weighted by molar-refractivity contribution is -0.384. The van der Waals surface area contributed by atoms with Crippen molar-refractivity contribution < 1.29 is 9.72 Å². The number of nitrogens with zero attached hydrogens (tertiary/aromatic N) is 3. The minimum Gasteiger partial charge on any atom is -0.374 e. The van der Waals surface area contributed by atoms with Crippen LogP contribution in [0.5, 0.6) is 0 Å². The molecule has 1 aromatic heterocycles. The Balaban J connectivity index is 1.47. The Hall–Kier alpha value is -3.68. The Morgan fingerprint density at radius 1 is 1.18 bits per heavy atom. The number of para-hydroxylation sites is 1. The van der Waals surface area contributed by atoms with Crippen molar-refractivity contribution in [2.45, 2.75) is 25.4 Å². The molecule has 1 saturated carbocycles. The maximum atomic E-state index is 12.1. The van der Waals surface area contributed by atoms with Gasteiger partial charge in [-0.2, -0.15) is 5.10 Å². The van der Waals surface area contributed by atoms with Crippen LogP contribution in [0.25, 0.3) is 5.69 Å². The Morgan fingerprint density at radius 3 is 2.68 bits per heavy atom. The Kier molecular flexibility index (Phi) is 4.76. The van der Waals surface area contributed by atoms with E-state index in [0.717, 1.165) is 24.2 Å². The molecule has 1 aliphatic carbocycles. The van der Waals surface area contributed by atoms with Crippen molar-refractivity contribution in [3.05, 3.63) is 82.2 Å². The lowest BCUT2D eigenvalue weighted by Gasteiger charge is -2.08. The van der Waals surface area contributed by atoms with Crippen LogP contribution in [0.1, 0.15) is 28.9 Å². The highest BCUT2D eigenvalue weighted by atomic mass is 16.6. The normalized spacial score (nSPS) is 13.1. The van der Waals surface area contributed by atoms with Gasteiger partial charge in [0.15, 0.2) is 0 Å². The molecule has 0 atom stereocenters. The molecular formula is C20H19N5O3. The number of carbonyl (C=O) groups excluding carboxylic acids is 1. The maximum absolute atomic E-state index is 12.1. The van der Waals surface area contributed by atoms with Crippen molar-refractivity contribution in [2.75, 3.05) is 5.32 Å². The van der Waals surface area contributed by atoms with E-state index in [1.54, 1.807) is 16.8 Å². The molecule has 0 saturated heterocycles. The van der Waals surface area contributed by atoms with Gasteiger partial charge in [-0.05, 0) is 43.2 Å². The second-order valence-corrected chi connectivity index (χ2v) is 6.68. The van der Waals surface area contributed by atoms with Crippen LogP contribution in [0, 0.1) is 10.1 Å². The minimum absolute atomic E-state index is 0.133. The molecule has 8 heteroatoms. The summed E-state index contributed by atoms with van der Waals surface area (Å²) in [5, 5.41) is 21.8. The van der Waals surface area contributed by atoms with Crippen LogP contribution in [-0.4, -0.2) is 26.7 Å². The SMILES string of the molecule is O=C(NC1CC1)c1ccc(NCc2ccn(-c3ccccc3)n2)c([N+](=O)[O-])c1. The first kappa shape index (κ1) is 17.7. The average molecular weight is 377 g/mol. The predicted molar refractivity (Wildman–Crippen MR) is 104 cm³/mol. The van der Waals surface area contributed by atoms with Crippen LogP contribution in [0.3, 0.4) is 0 Å². The van der Waals surface area contributed by atoms with Crippen molar-refractivity contribution in [1.29, 1.82) is 0 Å². The van der Waals surface area contributed by atoms with Gasteiger partial charge in [-0.3, -0.25) is 14.9 Å².